The second kappa shape index (κ2) is 5.82. The molecule has 2 rings (SSSR count). The molecular formula is C16H20F3NO2. The molecule has 0 spiro atoms. The summed E-state index contributed by atoms with van der Waals surface area (Å²) in [5.41, 5.74) is 0.172. The van der Waals surface area contributed by atoms with Crippen LogP contribution in [0.3, 0.4) is 0 Å². The summed E-state index contributed by atoms with van der Waals surface area (Å²) in [6.45, 7) is 4.91. The van der Waals surface area contributed by atoms with Gasteiger partial charge in [0.2, 0.25) is 0 Å². The third kappa shape index (κ3) is 3.72. The molecule has 3 nitrogen and oxygen atoms in total. The zero-order valence-corrected chi connectivity index (χ0v) is 12.9. The number of alkyl halides is 3. The van der Waals surface area contributed by atoms with Crippen molar-refractivity contribution in [3.8, 4) is 0 Å². The molecule has 0 aromatic heterocycles. The Morgan fingerprint density at radius 2 is 1.86 bits per heavy atom. The Labute approximate surface area is 128 Å². The van der Waals surface area contributed by atoms with Gasteiger partial charge in [0.15, 0.2) is 0 Å². The molecule has 1 atom stereocenters. The highest BCUT2D eigenvalue weighted by Crippen LogP contribution is 2.37. The zero-order chi connectivity index (χ0) is 16.5. The minimum absolute atomic E-state index is 0.128. The molecule has 6 heteroatoms. The molecule has 1 amide bonds. The average molecular weight is 315 g/mol. The first-order valence-corrected chi connectivity index (χ1v) is 7.26. The number of aryl methyl sites for hydroxylation is 1. The molecule has 0 N–H and O–H groups in total. The van der Waals surface area contributed by atoms with Crippen LogP contribution in [-0.4, -0.2) is 23.9 Å². The van der Waals surface area contributed by atoms with Crippen molar-refractivity contribution >= 4 is 11.8 Å². The Kier molecular flexibility index (Phi) is 4.40. The van der Waals surface area contributed by atoms with Crippen molar-refractivity contribution in [2.45, 2.75) is 57.9 Å². The van der Waals surface area contributed by atoms with Crippen molar-refractivity contribution in [2.24, 2.45) is 0 Å². The monoisotopic (exact) mass is 315 g/mol. The van der Waals surface area contributed by atoms with E-state index in [4.69, 9.17) is 4.74 Å². The summed E-state index contributed by atoms with van der Waals surface area (Å²) < 4.78 is 45.4. The Morgan fingerprint density at radius 3 is 2.45 bits per heavy atom. The van der Waals surface area contributed by atoms with Crippen LogP contribution in [0.2, 0.25) is 0 Å². The van der Waals surface area contributed by atoms with Crippen molar-refractivity contribution < 1.29 is 22.7 Å². The van der Waals surface area contributed by atoms with Crippen LogP contribution in [0.1, 0.15) is 39.2 Å². The van der Waals surface area contributed by atoms with Crippen LogP contribution >= 0.6 is 0 Å². The third-order valence-corrected chi connectivity index (χ3v) is 3.45. The predicted molar refractivity (Wildman–Crippen MR) is 77.9 cm³/mol. The summed E-state index contributed by atoms with van der Waals surface area (Å²) >= 11 is 0. The summed E-state index contributed by atoms with van der Waals surface area (Å²) in [5, 5.41) is 0. The number of rotatable bonds is 0. The van der Waals surface area contributed by atoms with Crippen LogP contribution in [0.15, 0.2) is 24.3 Å². The van der Waals surface area contributed by atoms with Crippen molar-refractivity contribution in [1.82, 2.24) is 0 Å². The number of halogens is 3. The number of fused-ring (bicyclic) bond motifs is 1. The highest BCUT2D eigenvalue weighted by atomic mass is 19.4. The Morgan fingerprint density at radius 1 is 1.23 bits per heavy atom. The van der Waals surface area contributed by atoms with Gasteiger partial charge >= 0.3 is 12.3 Å². The SMILES string of the molecule is CC(C)(C)OC(=O)N1c2ccccc2CCCC1C(F)(F)F. The summed E-state index contributed by atoms with van der Waals surface area (Å²) in [6, 6.07) is 4.84. The quantitative estimate of drug-likeness (QED) is 0.695. The number of nitrogens with zero attached hydrogens (tertiary/aromatic N) is 1. The zero-order valence-electron chi connectivity index (χ0n) is 12.9. The molecule has 122 valence electrons. The number of benzene rings is 1. The van der Waals surface area contributed by atoms with E-state index in [9.17, 15) is 18.0 Å². The lowest BCUT2D eigenvalue weighted by Crippen LogP contribution is -2.50. The Bertz CT molecular complexity index is 549. The molecular weight excluding hydrogens is 295 g/mol. The van der Waals surface area contributed by atoms with E-state index < -0.39 is 23.9 Å². The molecule has 0 fully saturated rings. The lowest BCUT2D eigenvalue weighted by atomic mass is 10.1. The second-order valence-electron chi connectivity index (χ2n) is 6.43. The summed E-state index contributed by atoms with van der Waals surface area (Å²) in [4.78, 5) is 13.2. The first-order chi connectivity index (χ1) is 10.1. The highest BCUT2D eigenvalue weighted by Gasteiger charge is 2.48. The normalized spacial score (nSPS) is 19.4. The maximum Gasteiger partial charge on any atom is 0.415 e. The maximum atomic E-state index is 13.4. The fourth-order valence-corrected chi connectivity index (χ4v) is 2.59. The molecule has 0 bridgehead atoms. The number of para-hydroxylation sites is 1. The van der Waals surface area contributed by atoms with Crippen LogP contribution < -0.4 is 4.90 Å². The predicted octanol–water partition coefficient (Wildman–Crippen LogP) is 4.70. The van der Waals surface area contributed by atoms with Gasteiger partial charge in [-0.3, -0.25) is 4.90 Å². The Balaban J connectivity index is 2.47. The van der Waals surface area contributed by atoms with E-state index in [1.165, 1.54) is 0 Å². The van der Waals surface area contributed by atoms with Crippen LogP contribution in [0, 0.1) is 0 Å². The van der Waals surface area contributed by atoms with Gasteiger partial charge in [0, 0.05) is 0 Å². The number of anilines is 1. The van der Waals surface area contributed by atoms with E-state index in [0.717, 1.165) is 10.5 Å². The van der Waals surface area contributed by atoms with E-state index in [1.54, 1.807) is 45.0 Å². The molecule has 1 unspecified atom stereocenters. The molecule has 1 aliphatic heterocycles. The number of hydrogen-bond donors (Lipinski definition) is 0. The van der Waals surface area contributed by atoms with Crippen molar-refractivity contribution in [1.29, 1.82) is 0 Å². The second-order valence-corrected chi connectivity index (χ2v) is 6.43. The van der Waals surface area contributed by atoms with Gasteiger partial charge in [0.1, 0.15) is 11.6 Å². The summed E-state index contributed by atoms with van der Waals surface area (Å²) in [6.07, 6.45) is -4.68. The van der Waals surface area contributed by atoms with E-state index in [1.807, 2.05) is 0 Å². The van der Waals surface area contributed by atoms with E-state index in [2.05, 4.69) is 0 Å². The van der Waals surface area contributed by atoms with Crippen molar-refractivity contribution in [3.05, 3.63) is 29.8 Å². The van der Waals surface area contributed by atoms with E-state index >= 15 is 0 Å². The number of amides is 1. The molecule has 0 saturated heterocycles. The van der Waals surface area contributed by atoms with Gasteiger partial charge in [-0.1, -0.05) is 18.2 Å². The first-order valence-electron chi connectivity index (χ1n) is 7.26. The minimum atomic E-state index is -4.49. The number of hydrogen-bond acceptors (Lipinski definition) is 2. The fourth-order valence-electron chi connectivity index (χ4n) is 2.59. The molecule has 22 heavy (non-hydrogen) atoms. The van der Waals surface area contributed by atoms with Crippen LogP contribution in [0.4, 0.5) is 23.7 Å². The Hall–Kier alpha value is -1.72. The fraction of sp³-hybridized carbons (Fsp3) is 0.562. The molecule has 0 radical (unpaired) electrons. The van der Waals surface area contributed by atoms with Gasteiger partial charge in [-0.05, 0) is 51.7 Å². The van der Waals surface area contributed by atoms with Crippen LogP contribution in [0.25, 0.3) is 0 Å². The molecule has 1 heterocycles. The smallest absolute Gasteiger partial charge is 0.415 e. The molecule has 1 aromatic carbocycles. The lowest BCUT2D eigenvalue weighted by molar-refractivity contribution is -0.149. The van der Waals surface area contributed by atoms with Gasteiger partial charge < -0.3 is 4.74 Å². The van der Waals surface area contributed by atoms with Gasteiger partial charge in [-0.25, -0.2) is 4.79 Å². The molecule has 0 aliphatic carbocycles. The van der Waals surface area contributed by atoms with Crippen molar-refractivity contribution in [3.63, 3.8) is 0 Å². The van der Waals surface area contributed by atoms with Gasteiger partial charge in [0.25, 0.3) is 0 Å². The topological polar surface area (TPSA) is 29.5 Å². The molecule has 0 saturated carbocycles. The van der Waals surface area contributed by atoms with E-state index in [0.29, 0.717) is 12.8 Å². The minimum Gasteiger partial charge on any atom is -0.443 e. The number of carbonyl (C=O) groups is 1. The van der Waals surface area contributed by atoms with Crippen LogP contribution in [0.5, 0.6) is 0 Å². The number of carbonyl (C=O) groups excluding carboxylic acids is 1. The third-order valence-electron chi connectivity index (χ3n) is 3.45. The summed E-state index contributed by atoms with van der Waals surface area (Å²) in [5.74, 6) is 0. The molecule has 1 aliphatic rings. The van der Waals surface area contributed by atoms with Gasteiger partial charge in [-0.2, -0.15) is 13.2 Å². The van der Waals surface area contributed by atoms with Gasteiger partial charge in [0.05, 0.1) is 5.69 Å². The van der Waals surface area contributed by atoms with Gasteiger partial charge in [-0.15, -0.1) is 0 Å². The first kappa shape index (κ1) is 16.6. The number of ether oxygens (including phenoxy) is 1. The maximum absolute atomic E-state index is 13.4. The standard InChI is InChI=1S/C16H20F3NO2/c1-15(2,3)22-14(21)20-12-9-5-4-7-11(12)8-6-10-13(20)16(17,18)19/h4-5,7,9,13H,6,8,10H2,1-3H3. The highest BCUT2D eigenvalue weighted by molar-refractivity contribution is 5.90. The molecule has 1 aromatic rings. The summed E-state index contributed by atoms with van der Waals surface area (Å²) in [7, 11) is 0. The van der Waals surface area contributed by atoms with E-state index in [-0.39, 0.29) is 12.1 Å². The average Bonchev–Trinajstić information content (AvgIpc) is 2.55. The van der Waals surface area contributed by atoms with Crippen LogP contribution in [-0.2, 0) is 11.2 Å². The largest absolute Gasteiger partial charge is 0.443 e. The van der Waals surface area contributed by atoms with Crippen molar-refractivity contribution in [2.75, 3.05) is 4.90 Å². The lowest BCUT2D eigenvalue weighted by Gasteiger charge is -2.34.